The first-order valence-corrected chi connectivity index (χ1v) is 10.1. The largest absolute Gasteiger partial charge is 0.372 e. The van der Waals surface area contributed by atoms with Gasteiger partial charge in [-0.05, 0) is 62.1 Å². The van der Waals surface area contributed by atoms with Gasteiger partial charge in [-0.25, -0.2) is 0 Å². The van der Waals surface area contributed by atoms with Gasteiger partial charge in [0.15, 0.2) is 0 Å². The van der Waals surface area contributed by atoms with Gasteiger partial charge in [0.05, 0.1) is 0 Å². The topological polar surface area (TPSA) is 48.5 Å². The van der Waals surface area contributed by atoms with Gasteiger partial charge in [0.1, 0.15) is 5.69 Å². The zero-order valence-corrected chi connectivity index (χ0v) is 16.4. The van der Waals surface area contributed by atoms with E-state index in [0.29, 0.717) is 5.69 Å². The van der Waals surface area contributed by atoms with Gasteiger partial charge in [-0.15, -0.1) is 0 Å². The van der Waals surface area contributed by atoms with Crippen LogP contribution < -0.4 is 10.2 Å². The monoisotopic (exact) mass is 366 g/mol. The van der Waals surface area contributed by atoms with Crippen molar-refractivity contribution in [3.63, 3.8) is 0 Å². The van der Waals surface area contributed by atoms with Crippen LogP contribution in [-0.4, -0.2) is 42.0 Å². The molecule has 0 bridgehead atoms. The van der Waals surface area contributed by atoms with E-state index in [9.17, 15) is 4.79 Å². The second-order valence-corrected chi connectivity index (χ2v) is 7.09. The van der Waals surface area contributed by atoms with Crippen LogP contribution in [0.3, 0.4) is 0 Å². The van der Waals surface area contributed by atoms with Crippen LogP contribution in [0.2, 0.25) is 0 Å². The molecule has 1 aliphatic heterocycles. The third-order valence-corrected chi connectivity index (χ3v) is 4.88. The number of carbonyl (C=O) groups excluding carboxylic acids is 1. The Morgan fingerprint density at radius 1 is 1.04 bits per heavy atom. The van der Waals surface area contributed by atoms with Gasteiger partial charge in [0.25, 0.3) is 5.91 Å². The number of anilines is 3. The molecule has 1 amide bonds. The van der Waals surface area contributed by atoms with Crippen molar-refractivity contribution in [2.24, 2.45) is 0 Å². The van der Waals surface area contributed by atoms with Crippen molar-refractivity contribution in [2.45, 2.75) is 39.5 Å². The van der Waals surface area contributed by atoms with Crippen LogP contribution >= 0.6 is 0 Å². The van der Waals surface area contributed by atoms with E-state index < -0.39 is 0 Å². The molecule has 5 heteroatoms. The number of amides is 1. The highest BCUT2D eigenvalue weighted by Gasteiger charge is 2.16. The van der Waals surface area contributed by atoms with E-state index in [1.165, 1.54) is 18.5 Å². The molecule has 1 aliphatic rings. The van der Waals surface area contributed by atoms with Gasteiger partial charge in [0.2, 0.25) is 0 Å². The molecule has 1 fully saturated rings. The summed E-state index contributed by atoms with van der Waals surface area (Å²) in [6.45, 7) is 8.01. The standard InChI is InChI=1S/C22H30N4O/c1-3-13-26(14-4-2)22(27)21-17-19(11-12-23-21)24-18-7-9-20(10-8-18)25-15-5-6-16-25/h7-12,17H,3-6,13-16H2,1-2H3,(H,23,24). The van der Waals surface area contributed by atoms with Gasteiger partial charge >= 0.3 is 0 Å². The zero-order valence-electron chi connectivity index (χ0n) is 16.4. The Labute approximate surface area is 162 Å². The summed E-state index contributed by atoms with van der Waals surface area (Å²) in [6, 6.07) is 12.2. The quantitative estimate of drug-likeness (QED) is 0.736. The van der Waals surface area contributed by atoms with Crippen LogP contribution in [0.5, 0.6) is 0 Å². The number of pyridine rings is 1. The molecule has 0 atom stereocenters. The fraction of sp³-hybridized carbons (Fsp3) is 0.455. The van der Waals surface area contributed by atoms with Gasteiger partial charge in [-0.1, -0.05) is 13.8 Å². The summed E-state index contributed by atoms with van der Waals surface area (Å²) in [6.07, 6.45) is 6.16. The Morgan fingerprint density at radius 2 is 1.70 bits per heavy atom. The van der Waals surface area contributed by atoms with E-state index in [4.69, 9.17) is 0 Å². The number of aromatic nitrogens is 1. The summed E-state index contributed by atoms with van der Waals surface area (Å²) < 4.78 is 0. The molecule has 0 aliphatic carbocycles. The van der Waals surface area contributed by atoms with Crippen molar-refractivity contribution >= 4 is 23.0 Å². The average molecular weight is 367 g/mol. The normalized spacial score (nSPS) is 13.6. The second kappa shape index (κ2) is 9.40. The minimum atomic E-state index is 0.00623. The van der Waals surface area contributed by atoms with E-state index in [1.54, 1.807) is 6.20 Å². The SMILES string of the molecule is CCCN(CCC)C(=O)c1cc(Nc2ccc(N3CCCC3)cc2)ccn1. The van der Waals surface area contributed by atoms with Crippen molar-refractivity contribution < 1.29 is 4.79 Å². The lowest BCUT2D eigenvalue weighted by Crippen LogP contribution is -2.33. The Kier molecular flexibility index (Phi) is 6.69. The number of rotatable bonds is 8. The van der Waals surface area contributed by atoms with Crippen LogP contribution in [-0.2, 0) is 0 Å². The first kappa shape index (κ1) is 19.2. The molecular formula is C22H30N4O. The molecule has 0 saturated carbocycles. The number of benzene rings is 1. The van der Waals surface area contributed by atoms with E-state index in [1.807, 2.05) is 17.0 Å². The molecule has 144 valence electrons. The molecule has 1 aromatic heterocycles. The zero-order chi connectivity index (χ0) is 19.1. The van der Waals surface area contributed by atoms with Crippen molar-refractivity contribution in [3.8, 4) is 0 Å². The Balaban J connectivity index is 1.68. The van der Waals surface area contributed by atoms with E-state index in [-0.39, 0.29) is 5.91 Å². The van der Waals surface area contributed by atoms with E-state index in [2.05, 4.69) is 53.3 Å². The highest BCUT2D eigenvalue weighted by Crippen LogP contribution is 2.24. The van der Waals surface area contributed by atoms with Crippen molar-refractivity contribution in [1.29, 1.82) is 0 Å². The van der Waals surface area contributed by atoms with Gasteiger partial charge < -0.3 is 15.1 Å². The van der Waals surface area contributed by atoms with Crippen molar-refractivity contribution in [2.75, 3.05) is 36.4 Å². The fourth-order valence-electron chi connectivity index (χ4n) is 3.54. The van der Waals surface area contributed by atoms with Crippen LogP contribution in [0.25, 0.3) is 0 Å². The lowest BCUT2D eigenvalue weighted by molar-refractivity contribution is 0.0749. The molecule has 0 spiro atoms. The van der Waals surface area contributed by atoms with Crippen LogP contribution in [0.4, 0.5) is 17.1 Å². The first-order valence-electron chi connectivity index (χ1n) is 10.1. The summed E-state index contributed by atoms with van der Waals surface area (Å²) in [5.74, 6) is 0.00623. The lowest BCUT2D eigenvalue weighted by atomic mass is 10.2. The predicted octanol–water partition coefficient (Wildman–Crippen LogP) is 4.69. The number of carbonyl (C=O) groups is 1. The van der Waals surface area contributed by atoms with E-state index in [0.717, 1.165) is 50.4 Å². The average Bonchev–Trinajstić information content (AvgIpc) is 3.23. The van der Waals surface area contributed by atoms with E-state index >= 15 is 0 Å². The third-order valence-electron chi connectivity index (χ3n) is 4.88. The minimum Gasteiger partial charge on any atom is -0.372 e. The lowest BCUT2D eigenvalue weighted by Gasteiger charge is -2.21. The summed E-state index contributed by atoms with van der Waals surface area (Å²) in [7, 11) is 0. The number of hydrogen-bond donors (Lipinski definition) is 1. The maximum Gasteiger partial charge on any atom is 0.272 e. The van der Waals surface area contributed by atoms with Gasteiger partial charge in [-0.3, -0.25) is 9.78 Å². The minimum absolute atomic E-state index is 0.00623. The molecule has 27 heavy (non-hydrogen) atoms. The molecule has 1 saturated heterocycles. The molecule has 2 heterocycles. The molecule has 3 rings (SSSR count). The summed E-state index contributed by atoms with van der Waals surface area (Å²) in [5, 5.41) is 3.39. The molecule has 5 nitrogen and oxygen atoms in total. The summed E-state index contributed by atoms with van der Waals surface area (Å²) in [4.78, 5) is 21.4. The van der Waals surface area contributed by atoms with Gasteiger partial charge in [-0.2, -0.15) is 0 Å². The molecule has 2 aromatic rings. The maximum absolute atomic E-state index is 12.8. The highest BCUT2D eigenvalue weighted by atomic mass is 16.2. The van der Waals surface area contributed by atoms with Crippen molar-refractivity contribution in [1.82, 2.24) is 9.88 Å². The Bertz CT molecular complexity index is 732. The Hall–Kier alpha value is -2.56. The second-order valence-electron chi connectivity index (χ2n) is 7.09. The smallest absolute Gasteiger partial charge is 0.272 e. The first-order chi connectivity index (χ1) is 13.2. The van der Waals surface area contributed by atoms with Crippen molar-refractivity contribution in [3.05, 3.63) is 48.3 Å². The van der Waals surface area contributed by atoms with Crippen LogP contribution in [0, 0.1) is 0 Å². The molecule has 1 aromatic carbocycles. The number of nitrogens with one attached hydrogen (secondary N) is 1. The third kappa shape index (κ3) is 5.00. The fourth-order valence-corrected chi connectivity index (χ4v) is 3.54. The van der Waals surface area contributed by atoms with Crippen LogP contribution in [0.15, 0.2) is 42.6 Å². The highest BCUT2D eigenvalue weighted by molar-refractivity contribution is 5.93. The summed E-state index contributed by atoms with van der Waals surface area (Å²) >= 11 is 0. The molecule has 0 unspecified atom stereocenters. The molecular weight excluding hydrogens is 336 g/mol. The number of nitrogens with zero attached hydrogens (tertiary/aromatic N) is 3. The van der Waals surface area contributed by atoms with Gasteiger partial charge in [0, 0.05) is 49.4 Å². The summed E-state index contributed by atoms with van der Waals surface area (Å²) in [5.41, 5.74) is 3.67. The van der Waals surface area contributed by atoms with Crippen LogP contribution in [0.1, 0.15) is 50.0 Å². The maximum atomic E-state index is 12.8. The number of hydrogen-bond acceptors (Lipinski definition) is 4. The molecule has 1 N–H and O–H groups in total. The Morgan fingerprint density at radius 3 is 2.33 bits per heavy atom. The predicted molar refractivity (Wildman–Crippen MR) is 112 cm³/mol. The molecule has 0 radical (unpaired) electrons.